The predicted molar refractivity (Wildman–Crippen MR) is 97.2 cm³/mol. The molecule has 0 saturated heterocycles. The highest BCUT2D eigenvalue weighted by Gasteiger charge is 2.29. The van der Waals surface area contributed by atoms with Crippen LogP contribution in [0.3, 0.4) is 0 Å². The van der Waals surface area contributed by atoms with Gasteiger partial charge < -0.3 is 26.2 Å². The molecule has 1 aliphatic rings. The van der Waals surface area contributed by atoms with Crippen molar-refractivity contribution in [1.82, 2.24) is 10.6 Å². The number of hydrogen-bond acceptors (Lipinski definition) is 4. The van der Waals surface area contributed by atoms with E-state index in [1.54, 1.807) is 0 Å². The molecule has 8 nitrogen and oxygen atoms in total. The molecule has 3 amide bonds. The first kappa shape index (κ1) is 18.2. The van der Waals surface area contributed by atoms with Crippen molar-refractivity contribution in [3.8, 4) is 11.1 Å². The second-order valence-corrected chi connectivity index (χ2v) is 6.11. The van der Waals surface area contributed by atoms with Gasteiger partial charge in [-0.1, -0.05) is 48.5 Å². The third-order valence-electron chi connectivity index (χ3n) is 4.41. The average molecular weight is 369 g/mol. The summed E-state index contributed by atoms with van der Waals surface area (Å²) >= 11 is 0. The number of aliphatic carboxylic acids is 1. The summed E-state index contributed by atoms with van der Waals surface area (Å²) in [4.78, 5) is 33.9. The van der Waals surface area contributed by atoms with Crippen molar-refractivity contribution in [2.45, 2.75) is 12.0 Å². The Morgan fingerprint density at radius 1 is 1.04 bits per heavy atom. The summed E-state index contributed by atoms with van der Waals surface area (Å²) in [6, 6.07) is 13.5. The van der Waals surface area contributed by atoms with Crippen molar-refractivity contribution in [3.05, 3.63) is 59.7 Å². The topological polar surface area (TPSA) is 131 Å². The molecule has 0 radical (unpaired) electrons. The molecule has 5 N–H and O–H groups in total. The Balaban J connectivity index is 1.67. The van der Waals surface area contributed by atoms with E-state index < -0.39 is 24.1 Å². The van der Waals surface area contributed by atoms with E-state index in [-0.39, 0.29) is 19.1 Å². The second kappa shape index (κ2) is 7.77. The van der Waals surface area contributed by atoms with E-state index in [2.05, 4.69) is 10.6 Å². The van der Waals surface area contributed by atoms with Crippen LogP contribution in [0.1, 0.15) is 17.0 Å². The highest BCUT2D eigenvalue weighted by molar-refractivity contribution is 5.82. The third kappa shape index (κ3) is 4.00. The van der Waals surface area contributed by atoms with Crippen LogP contribution in [-0.4, -0.2) is 42.4 Å². The van der Waals surface area contributed by atoms with Crippen molar-refractivity contribution in [2.75, 3.05) is 13.2 Å². The molecule has 0 aromatic heterocycles. The molecular formula is C19H19N3O5. The Morgan fingerprint density at radius 2 is 1.59 bits per heavy atom. The molecule has 0 saturated carbocycles. The highest BCUT2D eigenvalue weighted by atomic mass is 16.5. The van der Waals surface area contributed by atoms with Gasteiger partial charge in [-0.3, -0.25) is 0 Å². The molecule has 0 unspecified atom stereocenters. The number of rotatable bonds is 6. The molecule has 0 bridgehead atoms. The van der Waals surface area contributed by atoms with E-state index in [1.807, 2.05) is 48.5 Å². The van der Waals surface area contributed by atoms with Gasteiger partial charge in [-0.25, -0.2) is 14.4 Å². The predicted octanol–water partition coefficient (Wildman–Crippen LogP) is 1.65. The van der Waals surface area contributed by atoms with Gasteiger partial charge in [0, 0.05) is 5.92 Å². The summed E-state index contributed by atoms with van der Waals surface area (Å²) in [5.41, 5.74) is 9.21. The van der Waals surface area contributed by atoms with Crippen LogP contribution in [0.25, 0.3) is 11.1 Å². The van der Waals surface area contributed by atoms with Crippen molar-refractivity contribution in [1.29, 1.82) is 0 Å². The number of carbonyl (C=O) groups excluding carboxylic acids is 2. The molecule has 27 heavy (non-hydrogen) atoms. The smallest absolute Gasteiger partial charge is 0.407 e. The lowest BCUT2D eigenvalue weighted by molar-refractivity contribution is -0.139. The number of nitrogens with one attached hydrogen (secondary N) is 2. The largest absolute Gasteiger partial charge is 0.480 e. The van der Waals surface area contributed by atoms with Crippen LogP contribution in [0.2, 0.25) is 0 Å². The molecule has 0 aliphatic heterocycles. The molecule has 0 fully saturated rings. The van der Waals surface area contributed by atoms with Crippen LogP contribution in [0.4, 0.5) is 9.59 Å². The zero-order chi connectivity index (χ0) is 19.4. The zero-order valence-electron chi connectivity index (χ0n) is 14.3. The molecule has 0 spiro atoms. The van der Waals surface area contributed by atoms with Gasteiger partial charge in [-0.05, 0) is 22.3 Å². The molecule has 0 heterocycles. The molecule has 1 atom stereocenters. The molecule has 1 aliphatic carbocycles. The lowest BCUT2D eigenvalue weighted by Gasteiger charge is -2.17. The third-order valence-corrected chi connectivity index (χ3v) is 4.41. The number of ether oxygens (including phenoxy) is 1. The van der Waals surface area contributed by atoms with Gasteiger partial charge in [0.2, 0.25) is 0 Å². The fourth-order valence-electron chi connectivity index (χ4n) is 3.19. The number of urea groups is 1. The summed E-state index contributed by atoms with van der Waals surface area (Å²) in [6.07, 6.45) is -0.879. The molecular weight excluding hydrogens is 350 g/mol. The van der Waals surface area contributed by atoms with Gasteiger partial charge in [-0.2, -0.15) is 0 Å². The van der Waals surface area contributed by atoms with E-state index in [1.165, 1.54) is 0 Å². The zero-order valence-corrected chi connectivity index (χ0v) is 14.3. The number of carbonyl (C=O) groups is 3. The maximum atomic E-state index is 12.0. The summed E-state index contributed by atoms with van der Waals surface area (Å²) < 4.78 is 5.27. The SMILES string of the molecule is NC(=O)NC[C@@H](NC(=O)OCC1c2ccccc2-c2ccccc21)C(=O)O. The number of primary amides is 1. The Hall–Kier alpha value is -3.55. The number of alkyl carbamates (subject to hydrolysis) is 1. The number of nitrogens with two attached hydrogens (primary N) is 1. The first-order valence-electron chi connectivity index (χ1n) is 8.35. The Morgan fingerprint density at radius 3 is 2.11 bits per heavy atom. The van der Waals surface area contributed by atoms with Gasteiger partial charge in [-0.15, -0.1) is 0 Å². The highest BCUT2D eigenvalue weighted by Crippen LogP contribution is 2.44. The lowest BCUT2D eigenvalue weighted by atomic mass is 9.98. The van der Waals surface area contributed by atoms with Crippen molar-refractivity contribution in [3.63, 3.8) is 0 Å². The van der Waals surface area contributed by atoms with E-state index in [0.717, 1.165) is 22.3 Å². The quantitative estimate of drug-likeness (QED) is 0.615. The maximum absolute atomic E-state index is 12.0. The van der Waals surface area contributed by atoms with E-state index >= 15 is 0 Å². The van der Waals surface area contributed by atoms with E-state index in [0.29, 0.717) is 0 Å². The fraction of sp³-hybridized carbons (Fsp3) is 0.211. The van der Waals surface area contributed by atoms with Crippen LogP contribution >= 0.6 is 0 Å². The molecule has 2 aromatic rings. The minimum Gasteiger partial charge on any atom is -0.480 e. The van der Waals surface area contributed by atoms with Gasteiger partial charge >= 0.3 is 18.1 Å². The van der Waals surface area contributed by atoms with Gasteiger partial charge in [0.05, 0.1) is 6.54 Å². The van der Waals surface area contributed by atoms with Gasteiger partial charge in [0.25, 0.3) is 0 Å². The van der Waals surface area contributed by atoms with Crippen LogP contribution in [-0.2, 0) is 9.53 Å². The average Bonchev–Trinajstić information content (AvgIpc) is 2.97. The number of fused-ring (bicyclic) bond motifs is 3. The second-order valence-electron chi connectivity index (χ2n) is 6.11. The van der Waals surface area contributed by atoms with E-state index in [9.17, 15) is 14.4 Å². The van der Waals surface area contributed by atoms with Gasteiger partial charge in [0.1, 0.15) is 12.6 Å². The number of carboxylic acid groups (broad SMARTS) is 1. The fourth-order valence-corrected chi connectivity index (χ4v) is 3.19. The van der Waals surface area contributed by atoms with Gasteiger partial charge in [0.15, 0.2) is 0 Å². The lowest BCUT2D eigenvalue weighted by Crippen LogP contribution is -2.49. The van der Waals surface area contributed by atoms with Crippen LogP contribution in [0.5, 0.6) is 0 Å². The summed E-state index contributed by atoms with van der Waals surface area (Å²) in [7, 11) is 0. The maximum Gasteiger partial charge on any atom is 0.407 e. The molecule has 2 aromatic carbocycles. The number of benzene rings is 2. The first-order chi connectivity index (χ1) is 13.0. The first-order valence-corrected chi connectivity index (χ1v) is 8.35. The normalized spacial score (nSPS) is 13.2. The molecule has 8 heteroatoms. The van der Waals surface area contributed by atoms with Crippen molar-refractivity contribution in [2.24, 2.45) is 5.73 Å². The van der Waals surface area contributed by atoms with E-state index in [4.69, 9.17) is 15.6 Å². The molecule has 140 valence electrons. The van der Waals surface area contributed by atoms with Crippen LogP contribution in [0.15, 0.2) is 48.5 Å². The minimum atomic E-state index is -1.34. The Kier molecular flexibility index (Phi) is 5.25. The minimum absolute atomic E-state index is 0.0649. The van der Waals surface area contributed by atoms with Crippen LogP contribution in [0, 0.1) is 0 Å². The Labute approximate surface area is 155 Å². The molecule has 3 rings (SSSR count). The number of hydrogen-bond donors (Lipinski definition) is 4. The summed E-state index contributed by atoms with van der Waals surface area (Å²) in [5.74, 6) is -1.44. The summed E-state index contributed by atoms with van der Waals surface area (Å²) in [5, 5.41) is 13.5. The van der Waals surface area contributed by atoms with Crippen LogP contribution < -0.4 is 16.4 Å². The number of amides is 3. The van der Waals surface area contributed by atoms with Crippen molar-refractivity contribution >= 4 is 18.1 Å². The number of carboxylic acids is 1. The monoisotopic (exact) mass is 369 g/mol. The summed E-state index contributed by atoms with van der Waals surface area (Å²) in [6.45, 7) is -0.274. The standard InChI is InChI=1S/C19H19N3O5/c20-18(25)21-9-16(17(23)24)22-19(26)27-10-15-13-7-3-1-5-11(13)12-6-2-4-8-14(12)15/h1-8,15-16H,9-10H2,(H,22,26)(H,23,24)(H3,20,21,25)/t16-/m1/s1. The van der Waals surface area contributed by atoms with Crippen molar-refractivity contribution < 1.29 is 24.2 Å². The Bertz CT molecular complexity index is 838.